The average molecular weight is 224 g/mol. The molecule has 0 unspecified atom stereocenters. The lowest BCUT2D eigenvalue weighted by Crippen LogP contribution is -2.24. The Morgan fingerprint density at radius 3 is 2.81 bits per heavy atom. The lowest BCUT2D eigenvalue weighted by molar-refractivity contribution is 0.0816. The number of rotatable bonds is 3. The molecule has 86 valence electrons. The molecule has 0 aliphatic heterocycles. The van der Waals surface area contributed by atoms with Crippen LogP contribution >= 0.6 is 0 Å². The molecule has 4 nitrogen and oxygen atoms in total. The first kappa shape index (κ1) is 10.9. The number of aromatic nitrogens is 1. The third kappa shape index (κ3) is 2.13. The first-order chi connectivity index (χ1) is 7.59. The van der Waals surface area contributed by atoms with Crippen molar-refractivity contribution >= 4 is 5.91 Å². The minimum atomic E-state index is -0.781. The normalized spacial score (nSPS) is 14.7. The summed E-state index contributed by atoms with van der Waals surface area (Å²) in [5, 5.41) is 0. The number of halogens is 1. The number of pyridine rings is 1. The molecule has 1 aromatic heterocycles. The fourth-order valence-corrected chi connectivity index (χ4v) is 1.30. The molecule has 1 heterocycles. The molecule has 0 atom stereocenters. The van der Waals surface area contributed by atoms with E-state index in [9.17, 15) is 9.18 Å². The zero-order chi connectivity index (χ0) is 11.7. The van der Waals surface area contributed by atoms with Gasteiger partial charge >= 0.3 is 0 Å². The van der Waals surface area contributed by atoms with Crippen molar-refractivity contribution in [2.75, 3.05) is 14.1 Å². The van der Waals surface area contributed by atoms with Gasteiger partial charge in [0.1, 0.15) is 11.3 Å². The van der Waals surface area contributed by atoms with Gasteiger partial charge in [-0.25, -0.2) is 4.98 Å². The smallest absolute Gasteiger partial charge is 0.261 e. The first-order valence-corrected chi connectivity index (χ1v) is 5.12. The molecular weight excluding hydrogens is 211 g/mol. The van der Waals surface area contributed by atoms with E-state index in [1.165, 1.54) is 17.2 Å². The highest BCUT2D eigenvalue weighted by Gasteiger charge is 2.28. The lowest BCUT2D eigenvalue weighted by Gasteiger charge is -2.14. The number of ether oxygens (including phenoxy) is 1. The molecule has 1 fully saturated rings. The van der Waals surface area contributed by atoms with Gasteiger partial charge in [-0.05, 0) is 18.9 Å². The summed E-state index contributed by atoms with van der Waals surface area (Å²) in [6.07, 6.45) is 3.34. The Morgan fingerprint density at radius 2 is 2.25 bits per heavy atom. The van der Waals surface area contributed by atoms with Gasteiger partial charge in [0.05, 0.1) is 6.10 Å². The van der Waals surface area contributed by atoms with Crippen molar-refractivity contribution in [1.29, 1.82) is 0 Å². The van der Waals surface area contributed by atoms with Crippen LogP contribution in [-0.2, 0) is 0 Å². The van der Waals surface area contributed by atoms with Crippen molar-refractivity contribution < 1.29 is 13.9 Å². The highest BCUT2D eigenvalue weighted by Crippen LogP contribution is 2.30. The highest BCUT2D eigenvalue weighted by atomic mass is 19.1. The maximum absolute atomic E-state index is 13.5. The summed E-state index contributed by atoms with van der Waals surface area (Å²) >= 11 is 0. The summed E-state index contributed by atoms with van der Waals surface area (Å²) < 4.78 is 19.0. The van der Waals surface area contributed by atoms with Crippen molar-refractivity contribution in [2.45, 2.75) is 18.9 Å². The molecule has 1 aliphatic rings. The van der Waals surface area contributed by atoms with E-state index in [0.717, 1.165) is 12.8 Å². The van der Waals surface area contributed by atoms with E-state index >= 15 is 0 Å². The molecule has 2 rings (SSSR count). The molecule has 5 heteroatoms. The minimum Gasteiger partial charge on any atom is -0.489 e. The largest absolute Gasteiger partial charge is 0.489 e. The van der Waals surface area contributed by atoms with Crippen LogP contribution in [0.25, 0.3) is 0 Å². The van der Waals surface area contributed by atoms with Crippen LogP contribution in [0.1, 0.15) is 23.2 Å². The van der Waals surface area contributed by atoms with Gasteiger partial charge in [-0.2, -0.15) is 4.39 Å². The van der Waals surface area contributed by atoms with Crippen molar-refractivity contribution in [1.82, 2.24) is 9.88 Å². The first-order valence-electron chi connectivity index (χ1n) is 5.12. The fourth-order valence-electron chi connectivity index (χ4n) is 1.30. The van der Waals surface area contributed by atoms with Gasteiger partial charge < -0.3 is 9.64 Å². The SMILES string of the molecule is CN(C)C(=O)c1c(OC2CC2)ccnc1F. The van der Waals surface area contributed by atoms with E-state index in [-0.39, 0.29) is 17.4 Å². The molecule has 1 saturated carbocycles. The van der Waals surface area contributed by atoms with Crippen molar-refractivity contribution in [3.8, 4) is 5.75 Å². The molecule has 1 amide bonds. The Labute approximate surface area is 93.0 Å². The van der Waals surface area contributed by atoms with Crippen LogP contribution in [0.15, 0.2) is 12.3 Å². The van der Waals surface area contributed by atoms with Crippen LogP contribution in [0.5, 0.6) is 5.75 Å². The monoisotopic (exact) mass is 224 g/mol. The molecule has 16 heavy (non-hydrogen) atoms. The van der Waals surface area contributed by atoms with Gasteiger partial charge in [0.15, 0.2) is 0 Å². The number of amides is 1. The van der Waals surface area contributed by atoms with Gasteiger partial charge in [0.25, 0.3) is 5.91 Å². The van der Waals surface area contributed by atoms with E-state index in [2.05, 4.69) is 4.98 Å². The second-order valence-electron chi connectivity index (χ2n) is 3.99. The lowest BCUT2D eigenvalue weighted by atomic mass is 10.2. The van der Waals surface area contributed by atoms with Crippen molar-refractivity contribution in [3.63, 3.8) is 0 Å². The predicted octanol–water partition coefficient (Wildman–Crippen LogP) is 1.46. The minimum absolute atomic E-state index is 0.0839. The number of carbonyl (C=O) groups is 1. The summed E-state index contributed by atoms with van der Waals surface area (Å²) in [7, 11) is 3.13. The summed E-state index contributed by atoms with van der Waals surface area (Å²) in [5.41, 5.74) is -0.0839. The topological polar surface area (TPSA) is 42.4 Å². The van der Waals surface area contributed by atoms with Gasteiger partial charge in [-0.1, -0.05) is 0 Å². The zero-order valence-corrected chi connectivity index (χ0v) is 9.24. The van der Waals surface area contributed by atoms with Crippen LogP contribution in [0.4, 0.5) is 4.39 Å². The molecule has 1 aliphatic carbocycles. The van der Waals surface area contributed by atoms with E-state index in [1.54, 1.807) is 14.1 Å². The second-order valence-corrected chi connectivity index (χ2v) is 3.99. The van der Waals surface area contributed by atoms with Crippen LogP contribution in [0, 0.1) is 5.95 Å². The number of nitrogens with zero attached hydrogens (tertiary/aromatic N) is 2. The van der Waals surface area contributed by atoms with Crippen LogP contribution in [-0.4, -0.2) is 36.0 Å². The highest BCUT2D eigenvalue weighted by molar-refractivity contribution is 5.96. The third-order valence-corrected chi connectivity index (χ3v) is 2.30. The Morgan fingerprint density at radius 1 is 1.56 bits per heavy atom. The average Bonchev–Trinajstić information content (AvgIpc) is 3.01. The van der Waals surface area contributed by atoms with Crippen molar-refractivity contribution in [3.05, 3.63) is 23.8 Å². The number of hydrogen-bond donors (Lipinski definition) is 0. The Bertz CT molecular complexity index is 416. The molecule has 0 spiro atoms. The van der Waals surface area contributed by atoms with Gasteiger partial charge in [0, 0.05) is 20.3 Å². The van der Waals surface area contributed by atoms with Crippen LogP contribution < -0.4 is 4.74 Å². The molecule has 0 N–H and O–H groups in total. The molecule has 0 bridgehead atoms. The number of carbonyl (C=O) groups excluding carboxylic acids is 1. The van der Waals surface area contributed by atoms with Gasteiger partial charge in [-0.15, -0.1) is 0 Å². The second kappa shape index (κ2) is 4.08. The van der Waals surface area contributed by atoms with E-state index < -0.39 is 11.9 Å². The zero-order valence-electron chi connectivity index (χ0n) is 9.24. The fraction of sp³-hybridized carbons (Fsp3) is 0.455. The molecule has 0 aromatic carbocycles. The Hall–Kier alpha value is -1.65. The van der Waals surface area contributed by atoms with E-state index in [4.69, 9.17) is 4.74 Å². The Kier molecular flexibility index (Phi) is 2.77. The van der Waals surface area contributed by atoms with Gasteiger partial charge in [0.2, 0.25) is 5.95 Å². The Balaban J connectivity index is 2.35. The quantitative estimate of drug-likeness (QED) is 0.730. The maximum Gasteiger partial charge on any atom is 0.261 e. The standard InChI is InChI=1S/C11H13FN2O2/c1-14(2)11(15)9-8(16-7-3-4-7)5-6-13-10(9)12/h5-7H,3-4H2,1-2H3. The summed E-state index contributed by atoms with van der Waals surface area (Å²) in [4.78, 5) is 16.5. The van der Waals surface area contributed by atoms with Crippen LogP contribution in [0.2, 0.25) is 0 Å². The van der Waals surface area contributed by atoms with Crippen molar-refractivity contribution in [2.24, 2.45) is 0 Å². The molecular formula is C11H13FN2O2. The molecule has 0 saturated heterocycles. The van der Waals surface area contributed by atoms with E-state index in [1.807, 2.05) is 0 Å². The third-order valence-electron chi connectivity index (χ3n) is 2.30. The predicted molar refractivity (Wildman–Crippen MR) is 55.9 cm³/mol. The summed E-state index contributed by atoms with van der Waals surface area (Å²) in [6.45, 7) is 0. The van der Waals surface area contributed by atoms with Crippen LogP contribution in [0.3, 0.4) is 0 Å². The van der Waals surface area contributed by atoms with Gasteiger partial charge in [-0.3, -0.25) is 4.79 Å². The number of hydrogen-bond acceptors (Lipinski definition) is 3. The van der Waals surface area contributed by atoms with E-state index in [0.29, 0.717) is 0 Å². The summed E-state index contributed by atoms with van der Waals surface area (Å²) in [6, 6.07) is 1.53. The molecule has 0 radical (unpaired) electrons. The summed E-state index contributed by atoms with van der Waals surface area (Å²) in [5.74, 6) is -0.924. The molecule has 1 aromatic rings. The maximum atomic E-state index is 13.5.